The fourth-order valence-electron chi connectivity index (χ4n) is 2.26. The van der Waals surface area contributed by atoms with Crippen molar-refractivity contribution in [2.45, 2.75) is 31.2 Å². The quantitative estimate of drug-likeness (QED) is 0.603. The van der Waals surface area contributed by atoms with E-state index in [0.29, 0.717) is 12.1 Å². The number of urea groups is 1. The van der Waals surface area contributed by atoms with Gasteiger partial charge < -0.3 is 10.6 Å². The summed E-state index contributed by atoms with van der Waals surface area (Å²) in [5.74, 6) is -0.210. The number of hydrogen-bond acceptors (Lipinski definition) is 4. The van der Waals surface area contributed by atoms with E-state index in [1.807, 2.05) is 17.7 Å². The second kappa shape index (κ2) is 9.72. The van der Waals surface area contributed by atoms with Gasteiger partial charge in [0.05, 0.1) is 4.90 Å². The highest BCUT2D eigenvalue weighted by molar-refractivity contribution is 7.90. The Bertz CT molecular complexity index is 866. The van der Waals surface area contributed by atoms with Crippen LogP contribution in [0, 0.1) is 0 Å². The smallest absolute Gasteiger partial charge is 0.328 e. The third kappa shape index (κ3) is 6.41. The number of unbranched alkanes of at least 4 members (excludes halogenated alkanes) is 1. The fourth-order valence-corrected chi connectivity index (χ4v) is 3.18. The molecule has 0 unspecified atom stereocenters. The van der Waals surface area contributed by atoms with Crippen molar-refractivity contribution in [1.29, 1.82) is 0 Å². The number of hydrogen-bond donors (Lipinski definition) is 3. The van der Waals surface area contributed by atoms with Gasteiger partial charge in [0, 0.05) is 18.7 Å². The van der Waals surface area contributed by atoms with E-state index >= 15 is 0 Å². The van der Waals surface area contributed by atoms with Gasteiger partial charge >= 0.3 is 6.03 Å². The fraction of sp³-hybridized carbons (Fsp3) is 0.263. The van der Waals surface area contributed by atoms with Crippen molar-refractivity contribution in [2.24, 2.45) is 0 Å². The highest BCUT2D eigenvalue weighted by atomic mass is 32.2. The van der Waals surface area contributed by atoms with Gasteiger partial charge in [0.1, 0.15) is 0 Å². The lowest BCUT2D eigenvalue weighted by Gasteiger charge is -2.09. The molecule has 144 valence electrons. The molecule has 0 aliphatic rings. The Labute approximate surface area is 159 Å². The van der Waals surface area contributed by atoms with Crippen LogP contribution in [-0.4, -0.2) is 26.9 Å². The molecule has 0 aliphatic carbocycles. The molecule has 7 nitrogen and oxygen atoms in total. The molecule has 0 spiro atoms. The molecule has 0 atom stereocenters. The molecular formula is C19H23N3O4S. The van der Waals surface area contributed by atoms with E-state index in [2.05, 4.69) is 10.6 Å². The molecule has 27 heavy (non-hydrogen) atoms. The first-order valence-electron chi connectivity index (χ1n) is 8.65. The van der Waals surface area contributed by atoms with Crippen molar-refractivity contribution >= 4 is 22.0 Å². The number of carbonyl (C=O) groups is 2. The minimum absolute atomic E-state index is 0.0220. The van der Waals surface area contributed by atoms with E-state index in [1.54, 1.807) is 36.4 Å². The molecule has 0 bridgehead atoms. The van der Waals surface area contributed by atoms with Gasteiger partial charge in [-0.05, 0) is 36.2 Å². The first-order chi connectivity index (χ1) is 12.9. The summed E-state index contributed by atoms with van der Waals surface area (Å²) in [5.41, 5.74) is 1.29. The van der Waals surface area contributed by atoms with Crippen LogP contribution in [0.4, 0.5) is 4.79 Å². The molecule has 2 aromatic carbocycles. The summed E-state index contributed by atoms with van der Waals surface area (Å²) in [4.78, 5) is 23.6. The van der Waals surface area contributed by atoms with E-state index in [9.17, 15) is 18.0 Å². The van der Waals surface area contributed by atoms with Crippen LogP contribution in [0.1, 0.15) is 35.7 Å². The molecule has 0 saturated heterocycles. The van der Waals surface area contributed by atoms with E-state index < -0.39 is 16.1 Å². The maximum Gasteiger partial charge on any atom is 0.328 e. The molecule has 0 aliphatic heterocycles. The molecule has 3 N–H and O–H groups in total. The van der Waals surface area contributed by atoms with Crippen LogP contribution in [0.15, 0.2) is 59.5 Å². The normalized spacial score (nSPS) is 10.9. The van der Waals surface area contributed by atoms with Gasteiger partial charge in [0.2, 0.25) is 0 Å². The highest BCUT2D eigenvalue weighted by Crippen LogP contribution is 2.11. The molecule has 8 heteroatoms. The Kier molecular flexibility index (Phi) is 7.36. The monoisotopic (exact) mass is 389 g/mol. The zero-order chi connectivity index (χ0) is 19.7. The summed E-state index contributed by atoms with van der Waals surface area (Å²) in [6.45, 7) is 2.65. The van der Waals surface area contributed by atoms with Crippen LogP contribution in [0.5, 0.6) is 0 Å². The van der Waals surface area contributed by atoms with Crippen LogP contribution in [0.2, 0.25) is 0 Å². The van der Waals surface area contributed by atoms with Crippen molar-refractivity contribution in [1.82, 2.24) is 15.4 Å². The molecule has 3 amide bonds. The second-order valence-corrected chi connectivity index (χ2v) is 7.59. The van der Waals surface area contributed by atoms with Gasteiger partial charge in [0.15, 0.2) is 0 Å². The Hall–Kier alpha value is -2.87. The zero-order valence-corrected chi connectivity index (χ0v) is 15.9. The number of benzene rings is 2. The SMILES string of the molecule is CCCCNC(=O)NS(=O)(=O)c1ccc(CNC(=O)c2ccccc2)cc1. The molecule has 0 aromatic heterocycles. The standard InChI is InChI=1S/C19H23N3O4S/c1-2-3-13-20-19(24)22-27(25,26)17-11-9-15(10-12-17)14-21-18(23)16-7-5-4-6-8-16/h4-12H,2-3,13-14H2,1H3,(H,21,23)(H2,20,22,24). The first-order valence-corrected chi connectivity index (χ1v) is 10.1. The minimum atomic E-state index is -3.94. The van der Waals surface area contributed by atoms with Crippen LogP contribution in [0.25, 0.3) is 0 Å². The molecule has 0 radical (unpaired) electrons. The van der Waals surface area contributed by atoms with Crippen molar-refractivity contribution in [2.75, 3.05) is 6.54 Å². The van der Waals surface area contributed by atoms with Crippen molar-refractivity contribution in [3.8, 4) is 0 Å². The molecular weight excluding hydrogens is 366 g/mol. The van der Waals surface area contributed by atoms with E-state index in [0.717, 1.165) is 18.4 Å². The van der Waals surface area contributed by atoms with E-state index in [-0.39, 0.29) is 17.3 Å². The largest absolute Gasteiger partial charge is 0.348 e. The molecule has 0 saturated carbocycles. The lowest BCUT2D eigenvalue weighted by atomic mass is 10.2. The second-order valence-electron chi connectivity index (χ2n) is 5.91. The average molecular weight is 389 g/mol. The molecule has 2 aromatic rings. The molecule has 0 fully saturated rings. The summed E-state index contributed by atoms with van der Waals surface area (Å²) in [6, 6.07) is 14.0. The Morgan fingerprint density at radius 1 is 0.926 bits per heavy atom. The number of rotatable bonds is 8. The lowest BCUT2D eigenvalue weighted by molar-refractivity contribution is 0.0951. The Balaban J connectivity index is 1.91. The van der Waals surface area contributed by atoms with E-state index in [1.165, 1.54) is 12.1 Å². The van der Waals surface area contributed by atoms with Gasteiger partial charge in [-0.1, -0.05) is 43.7 Å². The summed E-state index contributed by atoms with van der Waals surface area (Å²) in [6.07, 6.45) is 1.67. The summed E-state index contributed by atoms with van der Waals surface area (Å²) >= 11 is 0. The third-order valence-electron chi connectivity index (χ3n) is 3.77. The van der Waals surface area contributed by atoms with Crippen molar-refractivity contribution in [3.63, 3.8) is 0 Å². The van der Waals surface area contributed by atoms with Gasteiger partial charge in [-0.2, -0.15) is 0 Å². The predicted octanol–water partition coefficient (Wildman–Crippen LogP) is 2.40. The van der Waals surface area contributed by atoms with Crippen LogP contribution < -0.4 is 15.4 Å². The Morgan fingerprint density at radius 2 is 1.59 bits per heavy atom. The van der Waals surface area contributed by atoms with Crippen LogP contribution >= 0.6 is 0 Å². The summed E-state index contributed by atoms with van der Waals surface area (Å²) in [7, 11) is -3.94. The third-order valence-corrected chi connectivity index (χ3v) is 5.11. The summed E-state index contributed by atoms with van der Waals surface area (Å²) < 4.78 is 26.4. The predicted molar refractivity (Wildman–Crippen MR) is 103 cm³/mol. The van der Waals surface area contributed by atoms with Crippen LogP contribution in [0.3, 0.4) is 0 Å². The highest BCUT2D eigenvalue weighted by Gasteiger charge is 2.17. The number of amides is 3. The van der Waals surface area contributed by atoms with Gasteiger partial charge in [0.25, 0.3) is 15.9 Å². The molecule has 2 rings (SSSR count). The molecule has 0 heterocycles. The van der Waals surface area contributed by atoms with Crippen molar-refractivity contribution < 1.29 is 18.0 Å². The average Bonchev–Trinajstić information content (AvgIpc) is 2.67. The van der Waals surface area contributed by atoms with E-state index in [4.69, 9.17) is 0 Å². The topological polar surface area (TPSA) is 104 Å². The zero-order valence-electron chi connectivity index (χ0n) is 15.1. The number of sulfonamides is 1. The van der Waals surface area contributed by atoms with Gasteiger partial charge in [-0.15, -0.1) is 0 Å². The maximum absolute atomic E-state index is 12.2. The number of carbonyl (C=O) groups excluding carboxylic acids is 2. The maximum atomic E-state index is 12.2. The lowest BCUT2D eigenvalue weighted by Crippen LogP contribution is -2.39. The number of nitrogens with one attached hydrogen (secondary N) is 3. The minimum Gasteiger partial charge on any atom is -0.348 e. The Morgan fingerprint density at radius 3 is 2.22 bits per heavy atom. The summed E-state index contributed by atoms with van der Waals surface area (Å²) in [5, 5.41) is 5.26. The first kappa shape index (κ1) is 20.4. The van der Waals surface area contributed by atoms with Gasteiger partial charge in [-0.3, -0.25) is 4.79 Å². The van der Waals surface area contributed by atoms with Crippen molar-refractivity contribution in [3.05, 3.63) is 65.7 Å². The van der Waals surface area contributed by atoms with Crippen LogP contribution in [-0.2, 0) is 16.6 Å². The van der Waals surface area contributed by atoms with Gasteiger partial charge in [-0.25, -0.2) is 17.9 Å².